The van der Waals surface area contributed by atoms with Crippen molar-refractivity contribution in [1.82, 2.24) is 24.7 Å². The van der Waals surface area contributed by atoms with Gasteiger partial charge in [-0.25, -0.2) is 15.0 Å². The molecule has 0 spiro atoms. The number of Topliss-reactive ketones (excluding diaryl/α,β-unsaturated/α-hetero) is 1. The lowest BCUT2D eigenvalue weighted by molar-refractivity contribution is 0.101. The quantitative estimate of drug-likeness (QED) is 0.668. The van der Waals surface area contributed by atoms with Gasteiger partial charge < -0.3 is 5.32 Å². The number of anilines is 1. The number of carbonyl (C=O) groups excluding carboxylic acids is 1. The van der Waals surface area contributed by atoms with Crippen LogP contribution in [-0.2, 0) is 6.54 Å². The summed E-state index contributed by atoms with van der Waals surface area (Å²) in [6, 6.07) is 10.1. The summed E-state index contributed by atoms with van der Waals surface area (Å²) >= 11 is 0. The highest BCUT2D eigenvalue weighted by Gasteiger charge is 2.14. The highest BCUT2D eigenvalue weighted by molar-refractivity contribution is 5.94. The Morgan fingerprint density at radius 3 is 2.72 bits per heavy atom. The lowest BCUT2D eigenvalue weighted by Gasteiger charge is -2.19. The molecule has 1 atom stereocenters. The molecule has 0 saturated carbocycles. The van der Waals surface area contributed by atoms with Gasteiger partial charge in [-0.15, -0.1) is 0 Å². The van der Waals surface area contributed by atoms with E-state index in [2.05, 4.69) is 37.5 Å². The van der Waals surface area contributed by atoms with Crippen molar-refractivity contribution in [3.8, 4) is 0 Å². The van der Waals surface area contributed by atoms with E-state index < -0.39 is 0 Å². The first-order valence-corrected chi connectivity index (χ1v) is 8.12. The normalized spacial score (nSPS) is 11.9. The summed E-state index contributed by atoms with van der Waals surface area (Å²) in [5.41, 5.74) is 2.36. The van der Waals surface area contributed by atoms with Crippen molar-refractivity contribution in [2.45, 2.75) is 32.9 Å². The van der Waals surface area contributed by atoms with Gasteiger partial charge in [0.1, 0.15) is 12.7 Å². The van der Waals surface area contributed by atoms with E-state index in [9.17, 15) is 4.79 Å². The van der Waals surface area contributed by atoms with Crippen molar-refractivity contribution in [2.75, 3.05) is 5.32 Å². The zero-order valence-corrected chi connectivity index (χ0v) is 14.3. The summed E-state index contributed by atoms with van der Waals surface area (Å²) in [7, 11) is 0. The van der Waals surface area contributed by atoms with Crippen LogP contribution >= 0.6 is 0 Å². The van der Waals surface area contributed by atoms with Gasteiger partial charge in [0.15, 0.2) is 5.78 Å². The number of benzene rings is 1. The van der Waals surface area contributed by atoms with Crippen molar-refractivity contribution in [2.24, 2.45) is 0 Å². The van der Waals surface area contributed by atoms with Gasteiger partial charge in [-0.05, 0) is 25.8 Å². The van der Waals surface area contributed by atoms with Crippen LogP contribution in [0.5, 0.6) is 0 Å². The van der Waals surface area contributed by atoms with E-state index in [4.69, 9.17) is 0 Å². The van der Waals surface area contributed by atoms with Gasteiger partial charge in [0.25, 0.3) is 0 Å². The highest BCUT2D eigenvalue weighted by atomic mass is 16.1. The van der Waals surface area contributed by atoms with E-state index in [1.54, 1.807) is 17.2 Å². The molecule has 0 bridgehead atoms. The molecule has 0 aliphatic rings. The fourth-order valence-electron chi connectivity index (χ4n) is 2.66. The number of nitrogens with one attached hydrogen (secondary N) is 1. The molecule has 0 saturated heterocycles. The first kappa shape index (κ1) is 16.8. The lowest BCUT2D eigenvalue weighted by atomic mass is 10.0. The third kappa shape index (κ3) is 4.26. The Bertz CT molecular complexity index is 832. The number of aryl methyl sites for hydroxylation is 2. The number of nitrogens with zero attached hydrogens (tertiary/aromatic N) is 5. The molecule has 0 aliphatic carbocycles. The molecule has 128 valence electrons. The molecular formula is C18H20N6O. The maximum Gasteiger partial charge on any atom is 0.223 e. The second-order valence-electron chi connectivity index (χ2n) is 5.80. The molecule has 0 fully saturated rings. The summed E-state index contributed by atoms with van der Waals surface area (Å²) in [4.78, 5) is 24.2. The largest absolute Gasteiger partial charge is 0.347 e. The van der Waals surface area contributed by atoms with E-state index >= 15 is 0 Å². The topological polar surface area (TPSA) is 85.6 Å². The number of aromatic nitrogens is 5. The number of carbonyl (C=O) groups is 1. The van der Waals surface area contributed by atoms with E-state index in [0.717, 1.165) is 18.5 Å². The summed E-state index contributed by atoms with van der Waals surface area (Å²) in [6.07, 6.45) is 5.60. The minimum Gasteiger partial charge on any atom is -0.347 e. The van der Waals surface area contributed by atoms with Crippen LogP contribution in [0.2, 0.25) is 0 Å². The highest BCUT2D eigenvalue weighted by Crippen LogP contribution is 2.22. The molecule has 2 heterocycles. The average Bonchev–Trinajstić information content (AvgIpc) is 3.12. The van der Waals surface area contributed by atoms with Gasteiger partial charge in [0.05, 0.1) is 17.3 Å². The molecule has 7 nitrogen and oxygen atoms in total. The fraction of sp³-hybridized carbons (Fsp3) is 0.278. The van der Waals surface area contributed by atoms with E-state index in [1.165, 1.54) is 13.3 Å². The lowest BCUT2D eigenvalue weighted by Crippen LogP contribution is -2.16. The summed E-state index contributed by atoms with van der Waals surface area (Å²) in [6.45, 7) is 4.05. The van der Waals surface area contributed by atoms with Gasteiger partial charge >= 0.3 is 0 Å². The van der Waals surface area contributed by atoms with E-state index in [-0.39, 0.29) is 11.8 Å². The number of rotatable bonds is 7. The van der Waals surface area contributed by atoms with Crippen LogP contribution in [0, 0.1) is 6.92 Å². The van der Waals surface area contributed by atoms with Gasteiger partial charge in [0, 0.05) is 12.7 Å². The third-order valence-electron chi connectivity index (χ3n) is 3.98. The number of hydrogen-bond acceptors (Lipinski definition) is 6. The molecule has 25 heavy (non-hydrogen) atoms. The van der Waals surface area contributed by atoms with Gasteiger partial charge in [-0.1, -0.05) is 30.3 Å². The van der Waals surface area contributed by atoms with Crippen LogP contribution in [0.3, 0.4) is 0 Å². The Balaban J connectivity index is 1.79. The predicted octanol–water partition coefficient (Wildman–Crippen LogP) is 2.82. The molecule has 7 heteroatoms. The van der Waals surface area contributed by atoms with Crippen molar-refractivity contribution >= 4 is 11.7 Å². The second kappa shape index (κ2) is 7.65. The standard InChI is InChI=1S/C18H20N6O/c1-13-16(14(2)25)10-20-18(22-13)23-17(15-6-4-3-5-7-15)8-9-24-12-19-11-21-24/h3-7,10-12,17H,8-9H2,1-2H3,(H,20,22,23)/t17-/m0/s1. The fourth-order valence-corrected chi connectivity index (χ4v) is 2.66. The zero-order chi connectivity index (χ0) is 17.6. The summed E-state index contributed by atoms with van der Waals surface area (Å²) < 4.78 is 1.79. The van der Waals surface area contributed by atoms with E-state index in [0.29, 0.717) is 17.2 Å². The minimum atomic E-state index is -0.0326. The van der Waals surface area contributed by atoms with Crippen LogP contribution in [-0.4, -0.2) is 30.5 Å². The molecule has 1 N–H and O–H groups in total. The van der Waals surface area contributed by atoms with Crippen molar-refractivity contribution in [3.05, 3.63) is 66.0 Å². The van der Waals surface area contributed by atoms with Crippen molar-refractivity contribution in [3.63, 3.8) is 0 Å². The molecule has 3 aromatic rings. The van der Waals surface area contributed by atoms with Crippen LogP contribution in [0.15, 0.2) is 49.2 Å². The van der Waals surface area contributed by atoms with Crippen LogP contribution in [0.1, 0.15) is 41.0 Å². The summed E-state index contributed by atoms with van der Waals surface area (Å²) in [5.74, 6) is 0.477. The Kier molecular flexibility index (Phi) is 5.13. The average molecular weight is 336 g/mol. The predicted molar refractivity (Wildman–Crippen MR) is 94.2 cm³/mol. The molecule has 0 aliphatic heterocycles. The second-order valence-corrected chi connectivity index (χ2v) is 5.80. The zero-order valence-electron chi connectivity index (χ0n) is 14.3. The monoisotopic (exact) mass is 336 g/mol. The maximum absolute atomic E-state index is 11.5. The van der Waals surface area contributed by atoms with E-state index in [1.807, 2.05) is 25.1 Å². The Labute approximate surface area is 146 Å². The molecule has 1 aromatic carbocycles. The Hall–Kier alpha value is -3.09. The Morgan fingerprint density at radius 2 is 2.08 bits per heavy atom. The van der Waals surface area contributed by atoms with Crippen LogP contribution < -0.4 is 5.32 Å². The van der Waals surface area contributed by atoms with Crippen LogP contribution in [0.25, 0.3) is 0 Å². The smallest absolute Gasteiger partial charge is 0.223 e. The molecule has 0 amide bonds. The third-order valence-corrected chi connectivity index (χ3v) is 3.98. The SMILES string of the molecule is CC(=O)c1cnc(N[C@@H](CCn2cncn2)c2ccccc2)nc1C. The molecule has 2 aromatic heterocycles. The van der Waals surface area contributed by atoms with Crippen molar-refractivity contribution in [1.29, 1.82) is 0 Å². The minimum absolute atomic E-state index is 0.0213. The first-order chi connectivity index (χ1) is 12.1. The Morgan fingerprint density at radius 1 is 1.28 bits per heavy atom. The first-order valence-electron chi connectivity index (χ1n) is 8.12. The van der Waals surface area contributed by atoms with Gasteiger partial charge in [-0.3, -0.25) is 9.48 Å². The molecule has 3 rings (SSSR count). The summed E-state index contributed by atoms with van der Waals surface area (Å²) in [5, 5.41) is 7.51. The van der Waals surface area contributed by atoms with Crippen LogP contribution in [0.4, 0.5) is 5.95 Å². The van der Waals surface area contributed by atoms with Crippen molar-refractivity contribution < 1.29 is 4.79 Å². The molecule has 0 radical (unpaired) electrons. The maximum atomic E-state index is 11.5. The number of hydrogen-bond donors (Lipinski definition) is 1. The van der Waals surface area contributed by atoms with Gasteiger partial charge in [-0.2, -0.15) is 5.10 Å². The number of ketones is 1. The molecular weight excluding hydrogens is 316 g/mol. The van der Waals surface area contributed by atoms with Gasteiger partial charge in [0.2, 0.25) is 5.95 Å². The molecule has 0 unspecified atom stereocenters.